The van der Waals surface area contributed by atoms with Crippen molar-refractivity contribution in [3.05, 3.63) is 35.5 Å². The summed E-state index contributed by atoms with van der Waals surface area (Å²) in [5.74, 6) is 0. The second kappa shape index (κ2) is 7.04. The summed E-state index contributed by atoms with van der Waals surface area (Å²) in [6.45, 7) is 2.67. The summed E-state index contributed by atoms with van der Waals surface area (Å²) in [6, 6.07) is 5.95. The van der Waals surface area contributed by atoms with E-state index in [1.54, 1.807) is 0 Å². The number of aliphatic hydroxyl groups is 1. The summed E-state index contributed by atoms with van der Waals surface area (Å²) in [6.07, 6.45) is 6.13. The van der Waals surface area contributed by atoms with Gasteiger partial charge in [0.1, 0.15) is 0 Å². The van der Waals surface area contributed by atoms with Crippen molar-refractivity contribution in [3.8, 4) is 0 Å². The maximum absolute atomic E-state index is 12.0. The molecule has 0 bridgehead atoms. The van der Waals surface area contributed by atoms with E-state index in [-0.39, 0.29) is 12.1 Å². The van der Waals surface area contributed by atoms with Gasteiger partial charge in [-0.2, -0.15) is 0 Å². The van der Waals surface area contributed by atoms with Crippen LogP contribution < -0.4 is 10.6 Å². The van der Waals surface area contributed by atoms with Gasteiger partial charge in [0.25, 0.3) is 0 Å². The molecule has 1 aliphatic carbocycles. The standard InChI is InChI=1S/C18H25N3O2/c1-12-5-4-6-14-13(11-20-17(12)14)9-10-19-18(23)21-15-7-2-3-8-16(15)22/h4-6,11,15-16,20,22H,2-3,7-10H2,1H3,(H2,19,21,23). The zero-order valence-electron chi connectivity index (χ0n) is 13.6. The van der Waals surface area contributed by atoms with Crippen LogP contribution in [0.3, 0.4) is 0 Å². The molecule has 1 fully saturated rings. The Bertz CT molecular complexity index is 680. The fourth-order valence-corrected chi connectivity index (χ4v) is 3.38. The molecule has 0 spiro atoms. The average molecular weight is 315 g/mol. The van der Waals surface area contributed by atoms with Gasteiger partial charge in [-0.15, -0.1) is 0 Å². The van der Waals surface area contributed by atoms with Crippen molar-refractivity contribution in [2.45, 2.75) is 51.2 Å². The SMILES string of the molecule is Cc1cccc2c(CCNC(=O)NC3CCCCC3O)c[nH]c12. The van der Waals surface area contributed by atoms with Gasteiger partial charge in [0, 0.05) is 23.6 Å². The molecule has 0 radical (unpaired) electrons. The predicted octanol–water partition coefficient (Wildman–Crippen LogP) is 2.62. The van der Waals surface area contributed by atoms with E-state index in [9.17, 15) is 9.90 Å². The third kappa shape index (κ3) is 3.67. The Morgan fingerprint density at radius 2 is 2.17 bits per heavy atom. The van der Waals surface area contributed by atoms with Gasteiger partial charge < -0.3 is 20.7 Å². The monoisotopic (exact) mass is 315 g/mol. The van der Waals surface area contributed by atoms with E-state index < -0.39 is 6.10 Å². The van der Waals surface area contributed by atoms with Crippen LogP contribution in [0.2, 0.25) is 0 Å². The molecule has 124 valence electrons. The van der Waals surface area contributed by atoms with E-state index in [4.69, 9.17) is 0 Å². The second-order valence-electron chi connectivity index (χ2n) is 6.42. The van der Waals surface area contributed by atoms with Crippen LogP contribution in [0.25, 0.3) is 10.9 Å². The van der Waals surface area contributed by atoms with E-state index in [0.717, 1.165) is 37.6 Å². The van der Waals surface area contributed by atoms with Crippen LogP contribution >= 0.6 is 0 Å². The Morgan fingerprint density at radius 1 is 1.35 bits per heavy atom. The van der Waals surface area contributed by atoms with Crippen LogP contribution in [-0.2, 0) is 6.42 Å². The van der Waals surface area contributed by atoms with Crippen LogP contribution in [0.1, 0.15) is 36.8 Å². The Balaban J connectivity index is 1.50. The topological polar surface area (TPSA) is 77.2 Å². The second-order valence-corrected chi connectivity index (χ2v) is 6.42. The molecule has 1 aliphatic rings. The minimum Gasteiger partial charge on any atom is -0.391 e. The molecule has 2 aromatic rings. The highest BCUT2D eigenvalue weighted by atomic mass is 16.3. The van der Waals surface area contributed by atoms with Gasteiger partial charge in [0.05, 0.1) is 12.1 Å². The van der Waals surface area contributed by atoms with Crippen LogP contribution in [0.4, 0.5) is 4.79 Å². The van der Waals surface area contributed by atoms with Gasteiger partial charge in [-0.1, -0.05) is 31.0 Å². The molecular formula is C18H25N3O2. The van der Waals surface area contributed by atoms with Crippen molar-refractivity contribution in [2.24, 2.45) is 0 Å². The van der Waals surface area contributed by atoms with Crippen molar-refractivity contribution in [1.29, 1.82) is 0 Å². The first-order valence-corrected chi connectivity index (χ1v) is 8.43. The lowest BCUT2D eigenvalue weighted by molar-refractivity contribution is 0.0943. The minimum absolute atomic E-state index is 0.112. The first kappa shape index (κ1) is 15.9. The number of aliphatic hydroxyl groups excluding tert-OH is 1. The van der Waals surface area contributed by atoms with E-state index in [0.29, 0.717) is 6.54 Å². The molecule has 1 aromatic heterocycles. The number of carbonyl (C=O) groups is 1. The minimum atomic E-state index is -0.411. The number of nitrogens with one attached hydrogen (secondary N) is 3. The molecule has 0 aliphatic heterocycles. The van der Waals surface area contributed by atoms with E-state index in [1.807, 2.05) is 6.20 Å². The van der Waals surface area contributed by atoms with E-state index in [1.165, 1.54) is 16.5 Å². The molecule has 2 atom stereocenters. The van der Waals surface area contributed by atoms with Gasteiger partial charge in [-0.3, -0.25) is 0 Å². The largest absolute Gasteiger partial charge is 0.391 e. The number of carbonyl (C=O) groups excluding carboxylic acids is 1. The normalized spacial score (nSPS) is 21.3. The lowest BCUT2D eigenvalue weighted by Crippen LogP contribution is -2.49. The number of amides is 2. The molecule has 0 saturated heterocycles. The summed E-state index contributed by atoms with van der Waals surface area (Å²) in [7, 11) is 0. The van der Waals surface area contributed by atoms with Crippen LogP contribution in [0.5, 0.6) is 0 Å². The van der Waals surface area contributed by atoms with Crippen molar-refractivity contribution < 1.29 is 9.90 Å². The quantitative estimate of drug-likeness (QED) is 0.700. The van der Waals surface area contributed by atoms with Crippen molar-refractivity contribution in [3.63, 3.8) is 0 Å². The van der Waals surface area contributed by atoms with Crippen molar-refractivity contribution in [2.75, 3.05) is 6.54 Å². The number of hydrogen-bond acceptors (Lipinski definition) is 2. The first-order chi connectivity index (χ1) is 11.1. The number of urea groups is 1. The average Bonchev–Trinajstić information content (AvgIpc) is 2.94. The molecule has 4 N–H and O–H groups in total. The van der Waals surface area contributed by atoms with Crippen molar-refractivity contribution in [1.82, 2.24) is 15.6 Å². The summed E-state index contributed by atoms with van der Waals surface area (Å²) >= 11 is 0. The number of benzene rings is 1. The maximum atomic E-state index is 12.0. The molecule has 1 saturated carbocycles. The number of hydrogen-bond donors (Lipinski definition) is 4. The number of rotatable bonds is 4. The summed E-state index contributed by atoms with van der Waals surface area (Å²) in [4.78, 5) is 15.3. The molecule has 5 heteroatoms. The predicted molar refractivity (Wildman–Crippen MR) is 91.5 cm³/mol. The molecule has 2 amide bonds. The van der Waals surface area contributed by atoms with Crippen LogP contribution in [0, 0.1) is 6.92 Å². The number of H-pyrrole nitrogens is 1. The Hall–Kier alpha value is -2.01. The Kier molecular flexibility index (Phi) is 4.86. The van der Waals surface area contributed by atoms with Gasteiger partial charge in [-0.05, 0) is 37.3 Å². The van der Waals surface area contributed by atoms with Gasteiger partial charge in [0.15, 0.2) is 0 Å². The summed E-state index contributed by atoms with van der Waals surface area (Å²) in [5.41, 5.74) is 3.60. The van der Waals surface area contributed by atoms with E-state index >= 15 is 0 Å². The maximum Gasteiger partial charge on any atom is 0.315 e. The third-order valence-corrected chi connectivity index (χ3v) is 4.74. The lowest BCUT2D eigenvalue weighted by atomic mass is 9.93. The Morgan fingerprint density at radius 3 is 3.00 bits per heavy atom. The first-order valence-electron chi connectivity index (χ1n) is 8.43. The van der Waals surface area contributed by atoms with Crippen molar-refractivity contribution >= 4 is 16.9 Å². The highest BCUT2D eigenvalue weighted by Gasteiger charge is 2.24. The Labute approximate surface area is 136 Å². The number of aromatic amines is 1. The molecule has 3 rings (SSSR count). The number of fused-ring (bicyclic) bond motifs is 1. The fraction of sp³-hybridized carbons (Fsp3) is 0.500. The smallest absolute Gasteiger partial charge is 0.315 e. The fourth-order valence-electron chi connectivity index (χ4n) is 3.38. The highest BCUT2D eigenvalue weighted by molar-refractivity contribution is 5.85. The van der Waals surface area contributed by atoms with Crippen LogP contribution in [0.15, 0.2) is 24.4 Å². The van der Waals surface area contributed by atoms with Gasteiger partial charge >= 0.3 is 6.03 Å². The third-order valence-electron chi connectivity index (χ3n) is 4.74. The number of aryl methyl sites for hydroxylation is 1. The number of para-hydroxylation sites is 1. The summed E-state index contributed by atoms with van der Waals surface area (Å²) < 4.78 is 0. The summed E-state index contributed by atoms with van der Waals surface area (Å²) in [5, 5.41) is 16.9. The molecule has 23 heavy (non-hydrogen) atoms. The zero-order chi connectivity index (χ0) is 16.2. The van der Waals surface area contributed by atoms with E-state index in [2.05, 4.69) is 40.7 Å². The molecule has 1 heterocycles. The molecular weight excluding hydrogens is 290 g/mol. The molecule has 5 nitrogen and oxygen atoms in total. The molecule has 2 unspecified atom stereocenters. The highest BCUT2D eigenvalue weighted by Crippen LogP contribution is 2.21. The molecule has 1 aromatic carbocycles. The van der Waals surface area contributed by atoms with Gasteiger partial charge in [-0.25, -0.2) is 4.79 Å². The van der Waals surface area contributed by atoms with Gasteiger partial charge in [0.2, 0.25) is 0 Å². The number of aromatic nitrogens is 1. The lowest BCUT2D eigenvalue weighted by Gasteiger charge is -2.28. The zero-order valence-corrected chi connectivity index (χ0v) is 13.6. The van der Waals surface area contributed by atoms with Crippen LogP contribution in [-0.4, -0.2) is 34.8 Å².